The Labute approximate surface area is 176 Å². The number of aromatic nitrogens is 2. The molecule has 2 aromatic carbocycles. The van der Waals surface area contributed by atoms with Crippen molar-refractivity contribution in [2.24, 2.45) is 0 Å². The number of fused-ring (bicyclic) bond motifs is 1. The highest BCUT2D eigenvalue weighted by atomic mass is 16.5. The number of aliphatic hydroxyl groups is 1. The first-order chi connectivity index (χ1) is 14.3. The van der Waals surface area contributed by atoms with E-state index in [1.54, 1.807) is 0 Å². The third-order valence-electron chi connectivity index (χ3n) is 5.13. The number of nitrogens with one attached hydrogen (secondary N) is 1. The number of aryl methyl sites for hydroxylation is 1. The van der Waals surface area contributed by atoms with Crippen LogP contribution in [0, 0.1) is 5.41 Å². The van der Waals surface area contributed by atoms with Gasteiger partial charge < -0.3 is 19.3 Å². The van der Waals surface area contributed by atoms with Gasteiger partial charge in [0.15, 0.2) is 0 Å². The second kappa shape index (κ2) is 7.52. The van der Waals surface area contributed by atoms with Crippen LogP contribution in [0.4, 0.5) is 0 Å². The third-order valence-corrected chi connectivity index (χ3v) is 5.13. The number of nitrogens with zero attached hydrogens (tertiary/aromatic N) is 3. The Morgan fingerprint density at radius 2 is 1.80 bits per heavy atom. The molecule has 2 N–H and O–H groups in total. The largest absolute Gasteiger partial charge is 0.510 e. The molecule has 0 aliphatic carbocycles. The molecule has 1 aliphatic rings. The molecule has 1 aromatic heterocycles. The van der Waals surface area contributed by atoms with Crippen LogP contribution in [-0.4, -0.2) is 37.5 Å². The molecule has 0 unspecified atom stereocenters. The molecule has 156 valence electrons. The lowest BCUT2D eigenvalue weighted by Gasteiger charge is -2.25. The van der Waals surface area contributed by atoms with Gasteiger partial charge in [-0.15, -0.1) is 0 Å². The van der Waals surface area contributed by atoms with Gasteiger partial charge in [0.25, 0.3) is 0 Å². The Morgan fingerprint density at radius 3 is 2.53 bits per heavy atom. The highest BCUT2D eigenvalue weighted by Crippen LogP contribution is 2.32. The Morgan fingerprint density at radius 1 is 1.10 bits per heavy atom. The average molecular weight is 405 g/mol. The summed E-state index contributed by atoms with van der Waals surface area (Å²) in [4.78, 5) is 6.58. The molecule has 30 heavy (non-hydrogen) atoms. The number of aliphatic hydroxyl groups excluding tert-OH is 1. The summed E-state index contributed by atoms with van der Waals surface area (Å²) in [7, 11) is 0. The number of amidine groups is 1. The average Bonchev–Trinajstić information content (AvgIpc) is 3.18. The van der Waals surface area contributed by atoms with Crippen molar-refractivity contribution in [2.45, 2.75) is 46.4 Å². The summed E-state index contributed by atoms with van der Waals surface area (Å²) in [6.07, 6.45) is 0. The van der Waals surface area contributed by atoms with Crippen LogP contribution in [-0.2, 0) is 13.1 Å². The second-order valence-electron chi connectivity index (χ2n) is 8.52. The van der Waals surface area contributed by atoms with Crippen molar-refractivity contribution in [2.75, 3.05) is 6.54 Å². The molecule has 2 heterocycles. The number of imidazole rings is 1. The van der Waals surface area contributed by atoms with Crippen molar-refractivity contribution < 1.29 is 9.84 Å². The summed E-state index contributed by atoms with van der Waals surface area (Å²) in [6.45, 7) is 9.57. The lowest BCUT2D eigenvalue weighted by Crippen LogP contribution is -2.28. The van der Waals surface area contributed by atoms with Crippen molar-refractivity contribution in [1.82, 2.24) is 14.5 Å². The Hall–Kier alpha value is -3.28. The van der Waals surface area contributed by atoms with E-state index in [2.05, 4.69) is 4.57 Å². The van der Waals surface area contributed by atoms with E-state index in [-0.39, 0.29) is 23.7 Å². The number of hydrogen-bond acceptors (Lipinski definition) is 4. The molecule has 6 nitrogen and oxygen atoms in total. The Balaban J connectivity index is 1.65. The lowest BCUT2D eigenvalue weighted by atomic mass is 10.1. The van der Waals surface area contributed by atoms with Crippen molar-refractivity contribution in [3.63, 3.8) is 0 Å². The van der Waals surface area contributed by atoms with Crippen LogP contribution < -0.4 is 4.74 Å². The van der Waals surface area contributed by atoms with Crippen molar-refractivity contribution >= 4 is 22.4 Å². The predicted octanol–water partition coefficient (Wildman–Crippen LogP) is 5.00. The van der Waals surface area contributed by atoms with Crippen LogP contribution in [0.25, 0.3) is 16.6 Å². The number of hydrogen-bond donors (Lipinski definition) is 2. The summed E-state index contributed by atoms with van der Waals surface area (Å²) in [5.41, 5.74) is 3.04. The quantitative estimate of drug-likeness (QED) is 0.628. The first kappa shape index (κ1) is 20.0. The summed E-state index contributed by atoms with van der Waals surface area (Å²) in [5, 5.41) is 19.6. The van der Waals surface area contributed by atoms with Crippen LogP contribution in [0.5, 0.6) is 5.75 Å². The minimum atomic E-state index is -0.313. The van der Waals surface area contributed by atoms with Crippen molar-refractivity contribution in [1.29, 1.82) is 5.41 Å². The van der Waals surface area contributed by atoms with Gasteiger partial charge in [-0.25, -0.2) is 4.98 Å². The van der Waals surface area contributed by atoms with Crippen LogP contribution in [0.15, 0.2) is 54.3 Å². The van der Waals surface area contributed by atoms with Gasteiger partial charge in [0, 0.05) is 18.7 Å². The molecular weight excluding hydrogens is 376 g/mol. The van der Waals surface area contributed by atoms with E-state index in [0.717, 1.165) is 22.3 Å². The fraction of sp³-hybridized carbons (Fsp3) is 0.333. The molecular formula is C24H28N4O2. The van der Waals surface area contributed by atoms with E-state index in [1.807, 2.05) is 81.1 Å². The van der Waals surface area contributed by atoms with Crippen LogP contribution >= 0.6 is 0 Å². The predicted molar refractivity (Wildman–Crippen MR) is 120 cm³/mol. The van der Waals surface area contributed by atoms with Gasteiger partial charge >= 0.3 is 0 Å². The topological polar surface area (TPSA) is 74.4 Å². The van der Waals surface area contributed by atoms with E-state index < -0.39 is 0 Å². The summed E-state index contributed by atoms with van der Waals surface area (Å²) in [5.74, 6) is 1.90. The summed E-state index contributed by atoms with van der Waals surface area (Å²) in [6, 6.07) is 15.8. The highest BCUT2D eigenvalue weighted by molar-refractivity contribution is 6.23. The molecule has 0 fully saturated rings. The number of ether oxygens (including phenoxy) is 1. The Bertz CT molecular complexity index is 1140. The fourth-order valence-corrected chi connectivity index (χ4v) is 3.86. The third kappa shape index (κ3) is 3.65. The molecule has 1 aliphatic heterocycles. The van der Waals surface area contributed by atoms with E-state index in [4.69, 9.17) is 15.1 Å². The molecule has 4 rings (SSSR count). The maximum Gasteiger partial charge on any atom is 0.148 e. The van der Waals surface area contributed by atoms with E-state index in [0.29, 0.717) is 24.5 Å². The van der Waals surface area contributed by atoms with Gasteiger partial charge in [0.05, 0.1) is 23.2 Å². The van der Waals surface area contributed by atoms with Gasteiger partial charge in [0.1, 0.15) is 28.8 Å². The van der Waals surface area contributed by atoms with E-state index >= 15 is 0 Å². The molecule has 0 atom stereocenters. The molecule has 0 saturated heterocycles. The van der Waals surface area contributed by atoms with E-state index in [9.17, 15) is 5.11 Å². The van der Waals surface area contributed by atoms with E-state index in [1.165, 1.54) is 0 Å². The number of para-hydroxylation sites is 3. The molecule has 0 radical (unpaired) electrons. The Kier molecular flexibility index (Phi) is 5.02. The van der Waals surface area contributed by atoms with Gasteiger partial charge in [0.2, 0.25) is 0 Å². The highest BCUT2D eigenvalue weighted by Gasteiger charge is 2.32. The smallest absolute Gasteiger partial charge is 0.148 e. The zero-order valence-corrected chi connectivity index (χ0v) is 17.9. The molecule has 0 spiro atoms. The monoisotopic (exact) mass is 404 g/mol. The van der Waals surface area contributed by atoms with Crippen molar-refractivity contribution in [3.8, 4) is 5.75 Å². The van der Waals surface area contributed by atoms with Crippen LogP contribution in [0.2, 0.25) is 0 Å². The minimum Gasteiger partial charge on any atom is -0.510 e. The minimum absolute atomic E-state index is 0.180. The van der Waals surface area contributed by atoms with Gasteiger partial charge in [-0.3, -0.25) is 5.41 Å². The number of rotatable bonds is 5. The zero-order valence-electron chi connectivity index (χ0n) is 17.9. The van der Waals surface area contributed by atoms with Crippen molar-refractivity contribution in [3.05, 3.63) is 65.7 Å². The van der Waals surface area contributed by atoms with Gasteiger partial charge in [-0.2, -0.15) is 0 Å². The number of benzene rings is 2. The zero-order chi connectivity index (χ0) is 21.5. The SMILES string of the molecule is CCn1c(C2=C(O)CN(Cc3ccccc3OC(C)(C)C)C2=N)nc2ccccc21. The molecule has 0 amide bonds. The molecule has 0 saturated carbocycles. The first-order valence-corrected chi connectivity index (χ1v) is 10.3. The summed E-state index contributed by atoms with van der Waals surface area (Å²) < 4.78 is 8.15. The van der Waals surface area contributed by atoms with Gasteiger partial charge in [-0.05, 0) is 45.9 Å². The normalized spacial score (nSPS) is 14.8. The molecule has 3 aromatic rings. The first-order valence-electron chi connectivity index (χ1n) is 10.3. The lowest BCUT2D eigenvalue weighted by molar-refractivity contribution is 0.128. The summed E-state index contributed by atoms with van der Waals surface area (Å²) >= 11 is 0. The van der Waals surface area contributed by atoms with Crippen LogP contribution in [0.1, 0.15) is 39.1 Å². The standard InChI is InChI=1S/C24H28N4O2/c1-5-28-18-12-8-7-11-17(18)26-23(28)21-19(29)15-27(22(21)25)14-16-10-6-9-13-20(16)30-24(2,3)4/h6-13,25,29H,5,14-15H2,1-4H3. The van der Waals surface area contributed by atoms with Crippen LogP contribution in [0.3, 0.4) is 0 Å². The second-order valence-corrected chi connectivity index (χ2v) is 8.52. The molecule has 6 heteroatoms. The maximum absolute atomic E-state index is 10.8. The molecule has 0 bridgehead atoms. The van der Waals surface area contributed by atoms with Gasteiger partial charge in [-0.1, -0.05) is 30.3 Å². The fourth-order valence-electron chi connectivity index (χ4n) is 3.86. The maximum atomic E-state index is 10.8.